The number of aromatic amines is 2. The molecule has 0 saturated carbocycles. The zero-order chi connectivity index (χ0) is 16.3. The molecule has 0 fully saturated rings. The minimum Gasteiger partial charge on any atom is -0.494 e. The first-order valence-corrected chi connectivity index (χ1v) is 7.45. The monoisotopic (exact) mass is 324 g/mol. The van der Waals surface area contributed by atoms with E-state index in [1.54, 1.807) is 12.1 Å². The Morgan fingerprint density at radius 1 is 1.18 bits per heavy atom. The summed E-state index contributed by atoms with van der Waals surface area (Å²) in [5, 5.41) is 12.8. The van der Waals surface area contributed by atoms with E-state index in [0.717, 1.165) is 11.8 Å². The lowest BCUT2D eigenvalue weighted by Crippen LogP contribution is -2.25. The number of aromatic hydroxyl groups is 1. The van der Waals surface area contributed by atoms with Crippen LogP contribution in [-0.2, 0) is 10.0 Å². The van der Waals surface area contributed by atoms with Crippen LogP contribution in [0.3, 0.4) is 0 Å². The normalized spacial score (nSPS) is 11.7. The summed E-state index contributed by atoms with van der Waals surface area (Å²) in [5.74, 6) is -0.716. The topological polar surface area (TPSA) is 144 Å². The third kappa shape index (κ3) is 3.41. The fraction of sp³-hybridized carbons (Fsp3) is 0.0833. The van der Waals surface area contributed by atoms with E-state index in [1.165, 1.54) is 12.1 Å². The highest BCUT2D eigenvalue weighted by molar-refractivity contribution is 7.89. The van der Waals surface area contributed by atoms with Crippen LogP contribution in [0.4, 0.5) is 0 Å². The molecule has 0 aliphatic rings. The van der Waals surface area contributed by atoms with Gasteiger partial charge >= 0.3 is 5.69 Å². The van der Waals surface area contributed by atoms with Crippen molar-refractivity contribution in [3.63, 3.8) is 0 Å². The molecule has 10 heteroatoms. The van der Waals surface area contributed by atoms with E-state index < -0.39 is 27.2 Å². The van der Waals surface area contributed by atoms with Crippen LogP contribution in [0.5, 0.6) is 5.88 Å². The first kappa shape index (κ1) is 15.5. The van der Waals surface area contributed by atoms with Crippen molar-refractivity contribution in [2.75, 3.05) is 0 Å². The minimum absolute atomic E-state index is 0.00477. The van der Waals surface area contributed by atoms with Gasteiger partial charge < -0.3 is 5.11 Å². The van der Waals surface area contributed by atoms with Gasteiger partial charge in [-0.05, 0) is 19.1 Å². The molecule has 0 aliphatic carbocycles. The van der Waals surface area contributed by atoms with E-state index in [-0.39, 0.29) is 10.5 Å². The Morgan fingerprint density at radius 3 is 2.41 bits per heavy atom. The maximum Gasteiger partial charge on any atom is 0.328 e. The summed E-state index contributed by atoms with van der Waals surface area (Å²) in [6, 6.07) is 6.04. The Kier molecular flexibility index (Phi) is 4.13. The minimum atomic E-state index is -3.89. The molecule has 0 aliphatic heterocycles. The molecule has 0 atom stereocenters. The lowest BCUT2D eigenvalue weighted by molar-refractivity contribution is 0.447. The largest absolute Gasteiger partial charge is 0.494 e. The van der Waals surface area contributed by atoms with Gasteiger partial charge in [-0.25, -0.2) is 9.63 Å². The van der Waals surface area contributed by atoms with Gasteiger partial charge in [-0.2, -0.15) is 13.5 Å². The molecular formula is C12H12N4O5S. The van der Waals surface area contributed by atoms with Gasteiger partial charge in [0.25, 0.3) is 15.6 Å². The zero-order valence-corrected chi connectivity index (χ0v) is 12.1. The predicted molar refractivity (Wildman–Crippen MR) is 78.4 cm³/mol. The van der Waals surface area contributed by atoms with Gasteiger partial charge in [0.15, 0.2) is 0 Å². The Morgan fingerprint density at radius 2 is 1.82 bits per heavy atom. The van der Waals surface area contributed by atoms with Crippen molar-refractivity contribution in [1.29, 1.82) is 0 Å². The summed E-state index contributed by atoms with van der Waals surface area (Å²) < 4.78 is 23.9. The van der Waals surface area contributed by atoms with E-state index in [1.807, 2.05) is 21.7 Å². The van der Waals surface area contributed by atoms with Gasteiger partial charge in [0.05, 0.1) is 11.1 Å². The molecule has 0 saturated heterocycles. The van der Waals surface area contributed by atoms with Gasteiger partial charge in [-0.15, -0.1) is 0 Å². The number of rotatable bonds is 4. The molecule has 2 rings (SSSR count). The van der Waals surface area contributed by atoms with Crippen molar-refractivity contribution >= 4 is 16.2 Å². The fourth-order valence-corrected chi connectivity index (χ4v) is 2.33. The molecule has 1 aromatic heterocycles. The summed E-state index contributed by atoms with van der Waals surface area (Å²) in [6.07, 6.45) is 0.788. The summed E-state index contributed by atoms with van der Waals surface area (Å²) in [4.78, 5) is 28.0. The maximum atomic E-state index is 11.9. The first-order valence-electron chi connectivity index (χ1n) is 5.97. The average Bonchev–Trinajstić information content (AvgIpc) is 2.42. The molecule has 0 spiro atoms. The van der Waals surface area contributed by atoms with Crippen LogP contribution in [0.1, 0.15) is 11.1 Å². The molecule has 0 unspecified atom stereocenters. The van der Waals surface area contributed by atoms with Gasteiger partial charge in [0.1, 0.15) is 5.56 Å². The van der Waals surface area contributed by atoms with Crippen LogP contribution in [0.25, 0.3) is 0 Å². The molecule has 22 heavy (non-hydrogen) atoms. The van der Waals surface area contributed by atoms with Crippen molar-refractivity contribution in [2.24, 2.45) is 5.10 Å². The van der Waals surface area contributed by atoms with E-state index in [0.29, 0.717) is 0 Å². The van der Waals surface area contributed by atoms with Crippen LogP contribution < -0.4 is 16.1 Å². The standard InChI is InChI=1S/C12H12N4O5S/c1-7-2-4-8(5-3-7)22(20,21)16-13-6-9-10(17)14-12(19)15-11(9)18/h2-6,16H,1H3,(H3,14,15,17,18,19)/b13-6-. The second kappa shape index (κ2) is 5.85. The van der Waals surface area contributed by atoms with E-state index in [9.17, 15) is 23.1 Å². The van der Waals surface area contributed by atoms with Crippen molar-refractivity contribution in [3.05, 3.63) is 56.2 Å². The average molecular weight is 324 g/mol. The molecule has 4 N–H and O–H groups in total. The smallest absolute Gasteiger partial charge is 0.328 e. The number of hydrogen-bond acceptors (Lipinski definition) is 6. The van der Waals surface area contributed by atoms with E-state index in [2.05, 4.69) is 5.10 Å². The zero-order valence-electron chi connectivity index (χ0n) is 11.3. The number of benzene rings is 1. The molecular weight excluding hydrogens is 312 g/mol. The molecule has 116 valence electrons. The van der Waals surface area contributed by atoms with E-state index in [4.69, 9.17) is 0 Å². The molecule has 2 aromatic rings. The predicted octanol–water partition coefficient (Wildman–Crippen LogP) is -0.610. The number of sulfonamides is 1. The number of hydrogen-bond donors (Lipinski definition) is 4. The summed E-state index contributed by atoms with van der Waals surface area (Å²) in [7, 11) is -3.89. The van der Waals surface area contributed by atoms with Crippen LogP contribution in [0.2, 0.25) is 0 Å². The molecule has 0 bridgehead atoms. The van der Waals surface area contributed by atoms with Crippen LogP contribution in [0.15, 0.2) is 43.9 Å². The van der Waals surface area contributed by atoms with Gasteiger partial charge in [-0.3, -0.25) is 14.8 Å². The molecule has 9 nitrogen and oxygen atoms in total. The SMILES string of the molecule is Cc1ccc(S(=O)(=O)N/N=C\c2c(O)[nH]c(=O)[nH]c2=O)cc1. The number of nitrogens with zero attached hydrogens (tertiary/aromatic N) is 1. The van der Waals surface area contributed by atoms with Crippen molar-refractivity contribution < 1.29 is 13.5 Å². The van der Waals surface area contributed by atoms with Crippen LogP contribution >= 0.6 is 0 Å². The Labute approximate surface area is 124 Å². The highest BCUT2D eigenvalue weighted by atomic mass is 32.2. The molecule has 0 amide bonds. The third-order valence-corrected chi connectivity index (χ3v) is 3.90. The summed E-state index contributed by atoms with van der Waals surface area (Å²) in [5.41, 5.74) is -1.28. The Balaban J connectivity index is 2.24. The van der Waals surface area contributed by atoms with Gasteiger partial charge in [0, 0.05) is 0 Å². The number of hydrazone groups is 1. The maximum absolute atomic E-state index is 11.9. The Bertz CT molecular complexity index is 925. The fourth-order valence-electron chi connectivity index (χ4n) is 1.53. The lowest BCUT2D eigenvalue weighted by Gasteiger charge is -2.03. The van der Waals surface area contributed by atoms with E-state index >= 15 is 0 Å². The molecule has 0 radical (unpaired) electrons. The van der Waals surface area contributed by atoms with Gasteiger partial charge in [-0.1, -0.05) is 17.7 Å². The molecule has 1 heterocycles. The van der Waals surface area contributed by atoms with Gasteiger partial charge in [0.2, 0.25) is 5.88 Å². The molecule has 1 aromatic carbocycles. The quantitative estimate of drug-likeness (QED) is 0.438. The highest BCUT2D eigenvalue weighted by Gasteiger charge is 2.12. The summed E-state index contributed by atoms with van der Waals surface area (Å²) >= 11 is 0. The first-order chi connectivity index (χ1) is 10.3. The summed E-state index contributed by atoms with van der Waals surface area (Å²) in [6.45, 7) is 1.81. The third-order valence-electron chi connectivity index (χ3n) is 2.66. The van der Waals surface area contributed by atoms with Crippen molar-refractivity contribution in [1.82, 2.24) is 14.8 Å². The number of aryl methyl sites for hydroxylation is 1. The van der Waals surface area contributed by atoms with Crippen molar-refractivity contribution in [3.8, 4) is 5.88 Å². The lowest BCUT2D eigenvalue weighted by atomic mass is 10.2. The van der Waals surface area contributed by atoms with Crippen LogP contribution in [-0.4, -0.2) is 29.7 Å². The second-order valence-corrected chi connectivity index (χ2v) is 6.00. The number of aromatic nitrogens is 2. The highest BCUT2D eigenvalue weighted by Crippen LogP contribution is 2.09. The second-order valence-electron chi connectivity index (χ2n) is 4.34. The number of nitrogens with one attached hydrogen (secondary N) is 3. The van der Waals surface area contributed by atoms with Crippen molar-refractivity contribution in [2.45, 2.75) is 11.8 Å². The Hall–Kier alpha value is -2.88. The van der Waals surface area contributed by atoms with Crippen LogP contribution in [0, 0.1) is 6.92 Å². The number of H-pyrrole nitrogens is 2.